The third kappa shape index (κ3) is 2.88. The van der Waals surface area contributed by atoms with Crippen molar-refractivity contribution in [2.24, 2.45) is 0 Å². The molecule has 0 radical (unpaired) electrons. The summed E-state index contributed by atoms with van der Waals surface area (Å²) in [6.45, 7) is 2.21. The fraction of sp³-hybridized carbons (Fsp3) is 0.600. The molecule has 1 saturated heterocycles. The van der Waals surface area contributed by atoms with Crippen molar-refractivity contribution in [3.8, 4) is 0 Å². The van der Waals surface area contributed by atoms with Gasteiger partial charge in [-0.1, -0.05) is 12.8 Å². The van der Waals surface area contributed by atoms with Crippen LogP contribution in [0.25, 0.3) is 0 Å². The average molecular weight is 259 g/mol. The van der Waals surface area contributed by atoms with Gasteiger partial charge in [0.25, 0.3) is 5.91 Å². The first-order valence-electron chi connectivity index (χ1n) is 7.35. The summed E-state index contributed by atoms with van der Waals surface area (Å²) in [5.41, 5.74) is 1.67. The number of aromatic nitrogens is 1. The molecule has 2 aliphatic rings. The summed E-state index contributed by atoms with van der Waals surface area (Å²) in [6.07, 6.45) is 9.01. The van der Waals surface area contributed by atoms with Gasteiger partial charge in [0.2, 0.25) is 0 Å². The zero-order valence-electron chi connectivity index (χ0n) is 11.3. The molecule has 0 unspecified atom stereocenters. The second kappa shape index (κ2) is 5.59. The highest BCUT2D eigenvalue weighted by molar-refractivity contribution is 5.92. The van der Waals surface area contributed by atoms with Crippen LogP contribution in [0.4, 0.5) is 5.69 Å². The molecule has 102 valence electrons. The van der Waals surface area contributed by atoms with Crippen LogP contribution in [0.15, 0.2) is 18.3 Å². The van der Waals surface area contributed by atoms with E-state index in [0.717, 1.165) is 31.6 Å². The maximum atomic E-state index is 12.0. The number of carbonyl (C=O) groups excluding carboxylic acids is 1. The van der Waals surface area contributed by atoms with Gasteiger partial charge in [0, 0.05) is 19.1 Å². The Kier molecular flexibility index (Phi) is 3.67. The van der Waals surface area contributed by atoms with Crippen molar-refractivity contribution in [2.75, 3.05) is 18.0 Å². The first kappa shape index (κ1) is 12.5. The molecule has 2 heterocycles. The van der Waals surface area contributed by atoms with E-state index >= 15 is 0 Å². The number of amides is 1. The molecule has 1 aromatic rings. The van der Waals surface area contributed by atoms with E-state index in [4.69, 9.17) is 0 Å². The molecule has 0 aromatic carbocycles. The van der Waals surface area contributed by atoms with Gasteiger partial charge in [-0.05, 0) is 37.8 Å². The molecule has 1 N–H and O–H groups in total. The number of rotatable bonds is 3. The van der Waals surface area contributed by atoms with Gasteiger partial charge in [-0.2, -0.15) is 0 Å². The fourth-order valence-electron chi connectivity index (χ4n) is 3.01. The molecule has 19 heavy (non-hydrogen) atoms. The van der Waals surface area contributed by atoms with E-state index in [-0.39, 0.29) is 5.91 Å². The number of nitrogens with zero attached hydrogens (tertiary/aromatic N) is 2. The van der Waals surface area contributed by atoms with Crippen LogP contribution in [-0.4, -0.2) is 30.0 Å². The van der Waals surface area contributed by atoms with Gasteiger partial charge in [0.05, 0.1) is 11.9 Å². The molecule has 1 aromatic heterocycles. The van der Waals surface area contributed by atoms with Crippen molar-refractivity contribution in [1.82, 2.24) is 10.3 Å². The fourth-order valence-corrected chi connectivity index (χ4v) is 3.01. The highest BCUT2D eigenvalue weighted by atomic mass is 16.1. The topological polar surface area (TPSA) is 45.2 Å². The van der Waals surface area contributed by atoms with E-state index in [9.17, 15) is 4.79 Å². The zero-order chi connectivity index (χ0) is 13.1. The van der Waals surface area contributed by atoms with Crippen LogP contribution in [0.5, 0.6) is 0 Å². The Morgan fingerprint density at radius 3 is 2.53 bits per heavy atom. The predicted molar refractivity (Wildman–Crippen MR) is 75.4 cm³/mol. The number of nitrogens with one attached hydrogen (secondary N) is 1. The maximum Gasteiger partial charge on any atom is 0.270 e. The van der Waals surface area contributed by atoms with Gasteiger partial charge in [0.15, 0.2) is 0 Å². The van der Waals surface area contributed by atoms with Gasteiger partial charge < -0.3 is 10.2 Å². The minimum Gasteiger partial charge on any atom is -0.370 e. The van der Waals surface area contributed by atoms with Crippen molar-refractivity contribution >= 4 is 11.6 Å². The summed E-state index contributed by atoms with van der Waals surface area (Å²) in [7, 11) is 0. The Balaban J connectivity index is 1.62. The summed E-state index contributed by atoms with van der Waals surface area (Å²) >= 11 is 0. The first-order chi connectivity index (χ1) is 9.33. The van der Waals surface area contributed by atoms with Gasteiger partial charge >= 0.3 is 0 Å². The molecule has 1 aliphatic heterocycles. The molecule has 1 saturated carbocycles. The molecular weight excluding hydrogens is 238 g/mol. The van der Waals surface area contributed by atoms with Crippen molar-refractivity contribution < 1.29 is 4.79 Å². The van der Waals surface area contributed by atoms with E-state index in [1.807, 2.05) is 18.3 Å². The molecule has 0 spiro atoms. The Hall–Kier alpha value is -1.58. The summed E-state index contributed by atoms with van der Waals surface area (Å²) in [6, 6.07) is 4.22. The van der Waals surface area contributed by atoms with Crippen molar-refractivity contribution in [3.63, 3.8) is 0 Å². The van der Waals surface area contributed by atoms with Crippen LogP contribution < -0.4 is 10.2 Å². The number of hydrogen-bond donors (Lipinski definition) is 1. The molecule has 0 bridgehead atoms. The van der Waals surface area contributed by atoms with E-state index < -0.39 is 0 Å². The molecule has 0 atom stereocenters. The van der Waals surface area contributed by atoms with Gasteiger partial charge in [-0.15, -0.1) is 0 Å². The van der Waals surface area contributed by atoms with Crippen molar-refractivity contribution in [1.29, 1.82) is 0 Å². The van der Waals surface area contributed by atoms with Crippen LogP contribution in [0.2, 0.25) is 0 Å². The smallest absolute Gasteiger partial charge is 0.270 e. The third-order valence-corrected chi connectivity index (χ3v) is 4.14. The van der Waals surface area contributed by atoms with Crippen LogP contribution >= 0.6 is 0 Å². The SMILES string of the molecule is O=C(NC1CCCC1)c1ccc(N2CCCC2)cn1. The number of pyridine rings is 1. The van der Waals surface area contributed by atoms with E-state index in [2.05, 4.69) is 15.2 Å². The predicted octanol–water partition coefficient (Wildman–Crippen LogP) is 2.35. The largest absolute Gasteiger partial charge is 0.370 e. The molecule has 4 nitrogen and oxygen atoms in total. The molecule has 1 amide bonds. The standard InChI is InChI=1S/C15H21N3O/c19-15(17-12-5-1-2-6-12)14-8-7-13(11-16-14)18-9-3-4-10-18/h7-8,11-12H,1-6,9-10H2,(H,17,19). The van der Waals surface area contributed by atoms with Crippen molar-refractivity contribution in [2.45, 2.75) is 44.6 Å². The summed E-state index contributed by atoms with van der Waals surface area (Å²) in [4.78, 5) is 18.7. The lowest BCUT2D eigenvalue weighted by atomic mass is 10.2. The minimum absolute atomic E-state index is 0.0279. The van der Waals surface area contributed by atoms with Gasteiger partial charge in [0.1, 0.15) is 5.69 Å². The molecule has 1 aliphatic carbocycles. The Labute approximate surface area is 114 Å². The van der Waals surface area contributed by atoms with E-state index in [1.54, 1.807) is 0 Å². The quantitative estimate of drug-likeness (QED) is 0.906. The Morgan fingerprint density at radius 1 is 1.16 bits per heavy atom. The second-order valence-corrected chi connectivity index (χ2v) is 5.55. The minimum atomic E-state index is -0.0279. The highest BCUT2D eigenvalue weighted by Gasteiger charge is 2.19. The van der Waals surface area contributed by atoms with Gasteiger partial charge in [-0.25, -0.2) is 4.98 Å². The van der Waals surface area contributed by atoms with Gasteiger partial charge in [-0.3, -0.25) is 4.79 Å². The monoisotopic (exact) mass is 259 g/mol. The molecular formula is C15H21N3O. The Bertz CT molecular complexity index is 431. The lowest BCUT2D eigenvalue weighted by molar-refractivity contribution is 0.0933. The number of anilines is 1. The average Bonchev–Trinajstić information content (AvgIpc) is 3.12. The van der Waals surface area contributed by atoms with Crippen molar-refractivity contribution in [3.05, 3.63) is 24.0 Å². The lowest BCUT2D eigenvalue weighted by Gasteiger charge is -2.17. The number of hydrogen-bond acceptors (Lipinski definition) is 3. The van der Waals surface area contributed by atoms with E-state index in [1.165, 1.54) is 25.7 Å². The van der Waals surface area contributed by atoms with Crippen LogP contribution in [0.3, 0.4) is 0 Å². The van der Waals surface area contributed by atoms with Crippen LogP contribution in [0, 0.1) is 0 Å². The highest BCUT2D eigenvalue weighted by Crippen LogP contribution is 2.20. The Morgan fingerprint density at radius 2 is 1.89 bits per heavy atom. The maximum absolute atomic E-state index is 12.0. The second-order valence-electron chi connectivity index (χ2n) is 5.55. The lowest BCUT2D eigenvalue weighted by Crippen LogP contribution is -2.33. The van der Waals surface area contributed by atoms with E-state index in [0.29, 0.717) is 11.7 Å². The summed E-state index contributed by atoms with van der Waals surface area (Å²) in [5, 5.41) is 3.07. The van der Waals surface area contributed by atoms with Crippen LogP contribution in [-0.2, 0) is 0 Å². The normalized spacial score (nSPS) is 19.9. The zero-order valence-corrected chi connectivity index (χ0v) is 11.3. The first-order valence-corrected chi connectivity index (χ1v) is 7.35. The third-order valence-electron chi connectivity index (χ3n) is 4.14. The van der Waals surface area contributed by atoms with Crippen LogP contribution in [0.1, 0.15) is 49.0 Å². The number of carbonyl (C=O) groups is 1. The summed E-state index contributed by atoms with van der Waals surface area (Å²) in [5.74, 6) is -0.0279. The molecule has 4 heteroatoms. The summed E-state index contributed by atoms with van der Waals surface area (Å²) < 4.78 is 0. The molecule has 3 rings (SSSR count). The molecule has 2 fully saturated rings.